The molecule has 32 heavy (non-hydrogen) atoms. The molecule has 0 atom stereocenters. The average Bonchev–Trinajstić information content (AvgIpc) is 2.84. The second kappa shape index (κ2) is 11.1. The first-order chi connectivity index (χ1) is 15.8. The molecular formula is C30H36NO+. The van der Waals surface area contributed by atoms with E-state index in [-0.39, 0.29) is 0 Å². The average molecular weight is 427 g/mol. The lowest BCUT2D eigenvalue weighted by Crippen LogP contribution is -2.30. The molecule has 1 heterocycles. The highest BCUT2D eigenvalue weighted by molar-refractivity contribution is 6.07. The van der Waals surface area contributed by atoms with Crippen molar-refractivity contribution >= 4 is 21.8 Å². The lowest BCUT2D eigenvalue weighted by atomic mass is 9.96. The molecule has 4 aromatic rings. The number of pyridine rings is 1. The molecular weight excluding hydrogens is 390 g/mol. The van der Waals surface area contributed by atoms with Crippen LogP contribution in [0.1, 0.15) is 58.3 Å². The first kappa shape index (κ1) is 22.3. The van der Waals surface area contributed by atoms with Crippen molar-refractivity contribution in [1.29, 1.82) is 0 Å². The number of hydrogen-bond acceptors (Lipinski definition) is 1. The summed E-state index contributed by atoms with van der Waals surface area (Å²) < 4.78 is 8.32. The van der Waals surface area contributed by atoms with Crippen molar-refractivity contribution in [3.8, 4) is 16.9 Å². The summed E-state index contributed by atoms with van der Waals surface area (Å²) >= 11 is 0. The summed E-state index contributed by atoms with van der Waals surface area (Å²) in [5.74, 6) is 0.965. The summed E-state index contributed by atoms with van der Waals surface area (Å²) in [5.41, 5.74) is 5.02. The van der Waals surface area contributed by atoms with Crippen molar-refractivity contribution in [3.63, 3.8) is 0 Å². The van der Waals surface area contributed by atoms with E-state index in [0.29, 0.717) is 0 Å². The third-order valence-corrected chi connectivity index (χ3v) is 6.48. The Morgan fingerprint density at radius 1 is 0.625 bits per heavy atom. The molecule has 166 valence electrons. The molecule has 2 nitrogen and oxygen atoms in total. The van der Waals surface area contributed by atoms with Crippen molar-refractivity contribution < 1.29 is 9.30 Å². The molecule has 0 aliphatic heterocycles. The molecule has 4 rings (SSSR count). The molecule has 1 aromatic heterocycles. The minimum absolute atomic E-state index is 0.807. The van der Waals surface area contributed by atoms with Gasteiger partial charge in [-0.1, -0.05) is 88.3 Å². The van der Waals surface area contributed by atoms with Gasteiger partial charge in [-0.3, -0.25) is 0 Å². The minimum Gasteiger partial charge on any atom is -0.494 e. The van der Waals surface area contributed by atoms with Gasteiger partial charge in [0.1, 0.15) is 12.8 Å². The van der Waals surface area contributed by atoms with E-state index in [1.807, 2.05) is 0 Å². The molecule has 0 N–H and O–H groups in total. The number of aryl methyl sites for hydroxylation is 1. The second-order valence-electron chi connectivity index (χ2n) is 8.82. The van der Waals surface area contributed by atoms with Crippen LogP contribution in [0.3, 0.4) is 0 Å². The molecule has 0 bridgehead atoms. The lowest BCUT2D eigenvalue weighted by Gasteiger charge is -2.12. The first-order valence-electron chi connectivity index (χ1n) is 12.3. The first-order valence-corrected chi connectivity index (χ1v) is 12.3. The number of benzene rings is 3. The van der Waals surface area contributed by atoms with Crippen molar-refractivity contribution in [2.45, 2.75) is 58.3 Å². The Bertz CT molecular complexity index is 1090. The molecule has 2 heteroatoms. The zero-order valence-corrected chi connectivity index (χ0v) is 19.6. The number of aromatic nitrogens is 1. The normalized spacial score (nSPS) is 11.3. The third-order valence-electron chi connectivity index (χ3n) is 6.48. The summed E-state index contributed by atoms with van der Waals surface area (Å²) in [5, 5.41) is 2.56. The van der Waals surface area contributed by atoms with Crippen LogP contribution >= 0.6 is 0 Å². The minimum atomic E-state index is 0.807. The SMILES string of the molecule is CCCCCCCCCCOc1ccc(-c2c3ccccc3[n+](C)c3ccccc23)cc1. The van der Waals surface area contributed by atoms with Crippen molar-refractivity contribution in [2.24, 2.45) is 7.05 Å². The summed E-state index contributed by atoms with van der Waals surface area (Å²) in [6.07, 6.45) is 10.6. The van der Waals surface area contributed by atoms with Crippen LogP contribution in [0.25, 0.3) is 32.9 Å². The number of hydrogen-bond donors (Lipinski definition) is 0. The van der Waals surface area contributed by atoms with Gasteiger partial charge in [0, 0.05) is 17.7 Å². The van der Waals surface area contributed by atoms with Gasteiger partial charge < -0.3 is 4.74 Å². The second-order valence-corrected chi connectivity index (χ2v) is 8.82. The molecule has 0 fully saturated rings. The van der Waals surface area contributed by atoms with Crippen LogP contribution in [0.2, 0.25) is 0 Å². The Morgan fingerprint density at radius 3 is 1.75 bits per heavy atom. The predicted octanol–water partition coefficient (Wildman–Crippen LogP) is 8.00. The van der Waals surface area contributed by atoms with Gasteiger partial charge in [0.2, 0.25) is 11.0 Å². The van der Waals surface area contributed by atoms with E-state index in [9.17, 15) is 0 Å². The van der Waals surface area contributed by atoms with E-state index in [2.05, 4.69) is 91.3 Å². The molecule has 0 amide bonds. The molecule has 0 aliphatic carbocycles. The topological polar surface area (TPSA) is 13.1 Å². The van der Waals surface area contributed by atoms with Gasteiger partial charge in [-0.2, -0.15) is 4.57 Å². The molecule has 3 aromatic carbocycles. The highest BCUT2D eigenvalue weighted by Crippen LogP contribution is 2.34. The molecule has 0 aliphatic rings. The number of fused-ring (bicyclic) bond motifs is 2. The predicted molar refractivity (Wildman–Crippen MR) is 136 cm³/mol. The molecule has 0 radical (unpaired) electrons. The van der Waals surface area contributed by atoms with E-state index in [0.717, 1.165) is 18.8 Å². The van der Waals surface area contributed by atoms with Gasteiger partial charge in [-0.05, 0) is 36.2 Å². The highest BCUT2D eigenvalue weighted by Gasteiger charge is 2.18. The van der Waals surface area contributed by atoms with Gasteiger partial charge in [0.05, 0.1) is 17.4 Å². The quantitative estimate of drug-likeness (QED) is 0.134. The van der Waals surface area contributed by atoms with Crippen molar-refractivity contribution in [1.82, 2.24) is 0 Å². The van der Waals surface area contributed by atoms with Crippen LogP contribution in [0.15, 0.2) is 72.8 Å². The fourth-order valence-corrected chi connectivity index (χ4v) is 4.68. The molecule has 0 saturated carbocycles. The fraction of sp³-hybridized carbons (Fsp3) is 0.367. The number of rotatable bonds is 11. The maximum atomic E-state index is 6.03. The van der Waals surface area contributed by atoms with Gasteiger partial charge >= 0.3 is 0 Å². The van der Waals surface area contributed by atoms with E-state index >= 15 is 0 Å². The lowest BCUT2D eigenvalue weighted by molar-refractivity contribution is -0.617. The summed E-state index contributed by atoms with van der Waals surface area (Å²) in [4.78, 5) is 0. The fourth-order valence-electron chi connectivity index (χ4n) is 4.68. The van der Waals surface area contributed by atoms with Crippen molar-refractivity contribution in [2.75, 3.05) is 6.61 Å². The van der Waals surface area contributed by atoms with Crippen LogP contribution in [0, 0.1) is 0 Å². The summed E-state index contributed by atoms with van der Waals surface area (Å²) in [7, 11) is 2.15. The van der Waals surface area contributed by atoms with Crippen LogP contribution < -0.4 is 9.30 Å². The van der Waals surface area contributed by atoms with E-state index in [4.69, 9.17) is 4.74 Å². The maximum absolute atomic E-state index is 6.03. The number of ether oxygens (including phenoxy) is 1. The smallest absolute Gasteiger partial charge is 0.213 e. The van der Waals surface area contributed by atoms with Gasteiger partial charge in [-0.15, -0.1) is 0 Å². The molecule has 0 saturated heterocycles. The molecule has 0 unspecified atom stereocenters. The third kappa shape index (κ3) is 5.12. The number of nitrogens with zero attached hydrogens (tertiary/aromatic N) is 1. The summed E-state index contributed by atoms with van der Waals surface area (Å²) in [6.45, 7) is 3.08. The Kier molecular flexibility index (Phi) is 7.77. The zero-order valence-electron chi connectivity index (χ0n) is 19.6. The zero-order chi connectivity index (χ0) is 22.2. The Balaban J connectivity index is 1.44. The van der Waals surface area contributed by atoms with E-state index in [1.54, 1.807) is 0 Å². The van der Waals surface area contributed by atoms with Crippen LogP contribution in [0.5, 0.6) is 5.75 Å². The highest BCUT2D eigenvalue weighted by atomic mass is 16.5. The van der Waals surface area contributed by atoms with Crippen LogP contribution in [-0.4, -0.2) is 6.61 Å². The number of unbranched alkanes of at least 4 members (excludes halogenated alkanes) is 7. The number of para-hydroxylation sites is 2. The molecule has 0 spiro atoms. The Morgan fingerprint density at radius 2 is 1.16 bits per heavy atom. The van der Waals surface area contributed by atoms with E-state index < -0.39 is 0 Å². The standard InChI is InChI=1S/C30H36NO/c1-3-4-5-6-7-8-9-14-23-32-25-21-19-24(20-22-25)30-26-15-10-12-17-28(26)31(2)29-18-13-11-16-27(29)30/h10-13,15-22H,3-9,14,23H2,1-2H3/q+1. The van der Waals surface area contributed by atoms with E-state index in [1.165, 1.54) is 77.9 Å². The Hall–Kier alpha value is -2.87. The monoisotopic (exact) mass is 426 g/mol. The van der Waals surface area contributed by atoms with Gasteiger partial charge in [0.15, 0.2) is 0 Å². The van der Waals surface area contributed by atoms with Gasteiger partial charge in [-0.25, -0.2) is 0 Å². The largest absolute Gasteiger partial charge is 0.494 e. The van der Waals surface area contributed by atoms with Crippen LogP contribution in [-0.2, 0) is 7.05 Å². The van der Waals surface area contributed by atoms with Crippen molar-refractivity contribution in [3.05, 3.63) is 72.8 Å². The summed E-state index contributed by atoms with van der Waals surface area (Å²) in [6, 6.07) is 26.0. The van der Waals surface area contributed by atoms with Crippen LogP contribution in [0.4, 0.5) is 0 Å². The Labute approximate surface area is 192 Å². The maximum Gasteiger partial charge on any atom is 0.213 e. The van der Waals surface area contributed by atoms with Gasteiger partial charge in [0.25, 0.3) is 0 Å².